The zero-order valence-corrected chi connectivity index (χ0v) is 17.9. The highest BCUT2D eigenvalue weighted by molar-refractivity contribution is 7.93. The molecule has 0 saturated carbocycles. The zero-order chi connectivity index (χ0) is 20.5. The number of hydrogen-bond acceptors (Lipinski definition) is 5. The molecule has 3 aromatic rings. The number of benzene rings is 2. The maximum Gasteiger partial charge on any atom is 0.266 e. The Bertz CT molecular complexity index is 1110. The summed E-state index contributed by atoms with van der Waals surface area (Å²) in [4.78, 5) is 16.6. The Morgan fingerprint density at radius 1 is 1.11 bits per heavy atom. The molecular weight excluding hydrogens is 392 g/mol. The van der Waals surface area contributed by atoms with Crippen LogP contribution in [0, 0.1) is 20.8 Å². The summed E-state index contributed by atoms with van der Waals surface area (Å²) in [5.41, 5.74) is 4.14. The lowest BCUT2D eigenvalue weighted by molar-refractivity contribution is 0.101. The van der Waals surface area contributed by atoms with Crippen molar-refractivity contribution in [2.24, 2.45) is 0 Å². The SMILES string of the molecule is CC(=O)c1c(C)cc(C)c(CN(c2nccs2)S(=O)(=O)c2ccccc2)c1C. The topological polar surface area (TPSA) is 67.3 Å². The molecule has 0 amide bonds. The van der Waals surface area contributed by atoms with Gasteiger partial charge in [0.25, 0.3) is 10.0 Å². The molecule has 0 aliphatic carbocycles. The molecular formula is C21H22N2O3S2. The van der Waals surface area contributed by atoms with Gasteiger partial charge >= 0.3 is 0 Å². The van der Waals surface area contributed by atoms with Gasteiger partial charge < -0.3 is 0 Å². The number of thiazole rings is 1. The Morgan fingerprint density at radius 3 is 2.36 bits per heavy atom. The fourth-order valence-corrected chi connectivity index (χ4v) is 5.75. The van der Waals surface area contributed by atoms with Gasteiger partial charge in [0.1, 0.15) is 0 Å². The molecule has 7 heteroatoms. The van der Waals surface area contributed by atoms with Crippen LogP contribution >= 0.6 is 11.3 Å². The highest BCUT2D eigenvalue weighted by Gasteiger charge is 2.28. The summed E-state index contributed by atoms with van der Waals surface area (Å²) in [6, 6.07) is 10.3. The molecule has 0 aliphatic heterocycles. The zero-order valence-electron chi connectivity index (χ0n) is 16.3. The summed E-state index contributed by atoms with van der Waals surface area (Å²) >= 11 is 1.27. The molecule has 0 saturated heterocycles. The Labute approximate surface area is 169 Å². The number of nitrogens with zero attached hydrogens (tertiary/aromatic N) is 2. The Morgan fingerprint density at radius 2 is 1.79 bits per heavy atom. The standard InChI is InChI=1S/C21H22N2O3S2/c1-14-12-15(2)20(17(4)24)16(3)19(14)13-23(21-22-10-11-27-21)28(25,26)18-8-6-5-7-9-18/h5-12H,13H2,1-4H3. The van der Waals surface area contributed by atoms with Gasteiger partial charge in [-0.25, -0.2) is 17.7 Å². The third-order valence-corrected chi connectivity index (χ3v) is 7.41. The van der Waals surface area contributed by atoms with Crippen molar-refractivity contribution in [3.63, 3.8) is 0 Å². The lowest BCUT2D eigenvalue weighted by Gasteiger charge is -2.25. The van der Waals surface area contributed by atoms with Crippen molar-refractivity contribution >= 4 is 32.3 Å². The quantitative estimate of drug-likeness (QED) is 0.550. The van der Waals surface area contributed by atoms with E-state index >= 15 is 0 Å². The molecule has 0 radical (unpaired) electrons. The number of rotatable bonds is 6. The van der Waals surface area contributed by atoms with Crippen LogP contribution in [0.15, 0.2) is 52.9 Å². The fourth-order valence-electron chi connectivity index (χ4n) is 3.47. The minimum atomic E-state index is -3.80. The van der Waals surface area contributed by atoms with E-state index in [0.29, 0.717) is 10.7 Å². The van der Waals surface area contributed by atoms with Gasteiger partial charge in [-0.15, -0.1) is 11.3 Å². The summed E-state index contributed by atoms with van der Waals surface area (Å²) < 4.78 is 28.1. The van der Waals surface area contributed by atoms with E-state index in [1.807, 2.05) is 26.8 Å². The van der Waals surface area contributed by atoms with Gasteiger partial charge in [0, 0.05) is 17.1 Å². The number of carbonyl (C=O) groups excluding carboxylic acids is 1. The first kappa shape index (κ1) is 20.2. The number of hydrogen-bond donors (Lipinski definition) is 0. The Hall–Kier alpha value is -2.51. The predicted octanol–water partition coefficient (Wildman–Crippen LogP) is 4.67. The molecule has 0 unspecified atom stereocenters. The molecule has 2 aromatic carbocycles. The number of carbonyl (C=O) groups is 1. The van der Waals surface area contributed by atoms with Crippen molar-refractivity contribution in [3.8, 4) is 0 Å². The number of anilines is 1. The van der Waals surface area contributed by atoms with Gasteiger partial charge in [0.2, 0.25) is 0 Å². The molecule has 0 fully saturated rings. The van der Waals surface area contributed by atoms with Crippen LogP contribution in [0.2, 0.25) is 0 Å². The molecule has 0 bridgehead atoms. The molecule has 0 aliphatic rings. The number of ketones is 1. The van der Waals surface area contributed by atoms with Gasteiger partial charge in [-0.05, 0) is 62.1 Å². The second-order valence-corrected chi connectivity index (χ2v) is 9.42. The van der Waals surface area contributed by atoms with Gasteiger partial charge in [-0.2, -0.15) is 0 Å². The van der Waals surface area contributed by atoms with E-state index in [1.165, 1.54) is 22.6 Å². The summed E-state index contributed by atoms with van der Waals surface area (Å²) in [6.45, 7) is 7.37. The first-order valence-electron chi connectivity index (χ1n) is 8.81. The molecule has 1 heterocycles. The molecule has 0 N–H and O–H groups in total. The number of Topliss-reactive ketones (excluding diaryl/α,β-unsaturated/α-hetero) is 1. The van der Waals surface area contributed by atoms with Crippen LogP contribution in [0.3, 0.4) is 0 Å². The minimum absolute atomic E-state index is 0.0250. The van der Waals surface area contributed by atoms with E-state index in [1.54, 1.807) is 41.9 Å². The monoisotopic (exact) mass is 414 g/mol. The van der Waals surface area contributed by atoms with Crippen LogP contribution < -0.4 is 4.31 Å². The van der Waals surface area contributed by atoms with E-state index in [4.69, 9.17) is 0 Å². The predicted molar refractivity (Wildman–Crippen MR) is 113 cm³/mol. The van der Waals surface area contributed by atoms with Gasteiger partial charge in [0.15, 0.2) is 10.9 Å². The van der Waals surface area contributed by atoms with E-state index in [2.05, 4.69) is 4.98 Å². The molecule has 0 spiro atoms. The van der Waals surface area contributed by atoms with Crippen molar-refractivity contribution in [2.45, 2.75) is 39.1 Å². The van der Waals surface area contributed by atoms with Crippen molar-refractivity contribution in [1.82, 2.24) is 4.98 Å². The van der Waals surface area contributed by atoms with E-state index in [9.17, 15) is 13.2 Å². The molecule has 146 valence electrons. The number of sulfonamides is 1. The molecule has 3 rings (SSSR count). The van der Waals surface area contributed by atoms with Crippen molar-refractivity contribution in [1.29, 1.82) is 0 Å². The Balaban J connectivity index is 2.16. The Kier molecular flexibility index (Phi) is 5.67. The maximum absolute atomic E-state index is 13.4. The van der Waals surface area contributed by atoms with E-state index in [-0.39, 0.29) is 17.2 Å². The molecule has 5 nitrogen and oxygen atoms in total. The lowest BCUT2D eigenvalue weighted by atomic mass is 9.91. The van der Waals surface area contributed by atoms with Crippen LogP contribution in [-0.4, -0.2) is 19.2 Å². The largest absolute Gasteiger partial charge is 0.294 e. The maximum atomic E-state index is 13.4. The van der Waals surface area contributed by atoms with Gasteiger partial charge in [-0.3, -0.25) is 4.79 Å². The summed E-state index contributed by atoms with van der Waals surface area (Å²) in [6.07, 6.45) is 1.59. The van der Waals surface area contributed by atoms with E-state index in [0.717, 1.165) is 22.3 Å². The second-order valence-electron chi connectivity index (χ2n) is 6.68. The average molecular weight is 415 g/mol. The summed E-state index contributed by atoms with van der Waals surface area (Å²) in [5, 5.41) is 2.14. The van der Waals surface area contributed by atoms with Crippen molar-refractivity contribution in [3.05, 3.63) is 75.8 Å². The number of aryl methyl sites for hydroxylation is 2. The molecule has 28 heavy (non-hydrogen) atoms. The van der Waals surface area contributed by atoms with Crippen LogP contribution in [0.4, 0.5) is 5.13 Å². The van der Waals surface area contributed by atoms with Crippen molar-refractivity contribution in [2.75, 3.05) is 4.31 Å². The second kappa shape index (κ2) is 7.85. The third kappa shape index (κ3) is 3.72. The van der Waals surface area contributed by atoms with Crippen LogP contribution in [0.25, 0.3) is 0 Å². The highest BCUT2D eigenvalue weighted by Crippen LogP contribution is 2.31. The van der Waals surface area contributed by atoms with Gasteiger partial charge in [-0.1, -0.05) is 24.3 Å². The highest BCUT2D eigenvalue weighted by atomic mass is 32.2. The first-order valence-corrected chi connectivity index (χ1v) is 11.1. The molecule has 0 atom stereocenters. The van der Waals surface area contributed by atoms with Gasteiger partial charge in [0.05, 0.1) is 11.4 Å². The van der Waals surface area contributed by atoms with E-state index < -0.39 is 10.0 Å². The third-order valence-electron chi connectivity index (χ3n) is 4.75. The number of aromatic nitrogens is 1. The normalized spacial score (nSPS) is 11.4. The summed E-state index contributed by atoms with van der Waals surface area (Å²) in [7, 11) is -3.80. The van der Waals surface area contributed by atoms with Crippen molar-refractivity contribution < 1.29 is 13.2 Å². The first-order chi connectivity index (χ1) is 13.2. The van der Waals surface area contributed by atoms with Crippen LogP contribution in [0.1, 0.15) is 39.5 Å². The molecule has 1 aromatic heterocycles. The minimum Gasteiger partial charge on any atom is -0.294 e. The average Bonchev–Trinajstić information content (AvgIpc) is 3.15. The van der Waals surface area contributed by atoms with Crippen LogP contribution in [-0.2, 0) is 16.6 Å². The summed E-state index contributed by atoms with van der Waals surface area (Å²) in [5.74, 6) is -0.0250. The van der Waals surface area contributed by atoms with Crippen LogP contribution in [0.5, 0.6) is 0 Å². The fraction of sp³-hybridized carbons (Fsp3) is 0.238. The lowest BCUT2D eigenvalue weighted by Crippen LogP contribution is -2.31. The smallest absolute Gasteiger partial charge is 0.266 e.